The van der Waals surface area contributed by atoms with E-state index in [2.05, 4.69) is 12.2 Å². The standard InChI is InChI=1S/C16H24N4O3S/c1-3-4-5-10-19-11-12-20(16(19)17)24(22,23)15-8-6-14(7-9-15)18-13(2)21/h6-9,17H,3-5,10-12H2,1-2H3,(H,18,21). The molecule has 0 aliphatic carbocycles. The quantitative estimate of drug-likeness (QED) is 0.735. The van der Waals surface area contributed by atoms with Gasteiger partial charge in [0.15, 0.2) is 0 Å². The number of anilines is 1. The summed E-state index contributed by atoms with van der Waals surface area (Å²) in [6.45, 7) is 5.05. The Balaban J connectivity index is 2.10. The van der Waals surface area contributed by atoms with Crippen molar-refractivity contribution in [2.45, 2.75) is 38.0 Å². The van der Waals surface area contributed by atoms with Gasteiger partial charge in [0.1, 0.15) is 0 Å². The van der Waals surface area contributed by atoms with E-state index in [-0.39, 0.29) is 16.8 Å². The zero-order chi connectivity index (χ0) is 17.7. The van der Waals surface area contributed by atoms with E-state index in [0.29, 0.717) is 25.3 Å². The predicted octanol–water partition coefficient (Wildman–Crippen LogP) is 2.08. The first-order chi connectivity index (χ1) is 11.4. The van der Waals surface area contributed by atoms with E-state index >= 15 is 0 Å². The fraction of sp³-hybridized carbons (Fsp3) is 0.500. The third kappa shape index (κ3) is 4.05. The SMILES string of the molecule is CCCCCN1CCN(S(=O)(=O)c2ccc(NC(C)=O)cc2)C1=N. The molecule has 132 valence electrons. The Hall–Kier alpha value is -2.09. The molecule has 8 heteroatoms. The molecule has 0 aromatic heterocycles. The van der Waals surface area contributed by atoms with Crippen molar-refractivity contribution in [2.24, 2.45) is 0 Å². The van der Waals surface area contributed by atoms with Gasteiger partial charge in [-0.25, -0.2) is 12.7 Å². The van der Waals surface area contributed by atoms with Gasteiger partial charge in [-0.3, -0.25) is 10.2 Å². The average Bonchev–Trinajstić information content (AvgIpc) is 2.89. The molecule has 0 atom stereocenters. The zero-order valence-corrected chi connectivity index (χ0v) is 14.9. The molecule has 1 aromatic rings. The van der Waals surface area contributed by atoms with Crippen molar-refractivity contribution in [2.75, 3.05) is 25.0 Å². The topological polar surface area (TPSA) is 93.6 Å². The van der Waals surface area contributed by atoms with Gasteiger partial charge in [0.25, 0.3) is 10.0 Å². The summed E-state index contributed by atoms with van der Waals surface area (Å²) in [6, 6.07) is 6.00. The third-order valence-corrected chi connectivity index (χ3v) is 5.71. The first-order valence-electron chi connectivity index (χ1n) is 8.10. The molecule has 24 heavy (non-hydrogen) atoms. The van der Waals surface area contributed by atoms with Gasteiger partial charge in [0, 0.05) is 25.7 Å². The number of nitrogens with one attached hydrogen (secondary N) is 2. The van der Waals surface area contributed by atoms with Crippen LogP contribution in [0.15, 0.2) is 29.2 Å². The number of amides is 1. The summed E-state index contributed by atoms with van der Waals surface area (Å²) in [5, 5.41) is 10.8. The van der Waals surface area contributed by atoms with Crippen LogP contribution in [0.1, 0.15) is 33.1 Å². The minimum absolute atomic E-state index is 0.0389. The number of carbonyl (C=O) groups excluding carboxylic acids is 1. The fourth-order valence-corrected chi connectivity index (χ4v) is 4.03. The van der Waals surface area contributed by atoms with Gasteiger partial charge in [-0.2, -0.15) is 0 Å². The maximum absolute atomic E-state index is 12.7. The highest BCUT2D eigenvalue weighted by Crippen LogP contribution is 2.22. The molecule has 1 aliphatic rings. The van der Waals surface area contributed by atoms with E-state index < -0.39 is 10.0 Å². The van der Waals surface area contributed by atoms with Crippen LogP contribution in [0.25, 0.3) is 0 Å². The molecule has 2 N–H and O–H groups in total. The largest absolute Gasteiger partial charge is 0.340 e. The molecule has 7 nitrogen and oxygen atoms in total. The molecule has 0 spiro atoms. The summed E-state index contributed by atoms with van der Waals surface area (Å²) >= 11 is 0. The molecule has 1 aliphatic heterocycles. The fourth-order valence-electron chi connectivity index (χ4n) is 2.63. The van der Waals surface area contributed by atoms with Crippen LogP contribution in [-0.4, -0.2) is 49.1 Å². The Labute approximate surface area is 143 Å². The molecule has 1 amide bonds. The van der Waals surface area contributed by atoms with Crippen LogP contribution in [0.2, 0.25) is 0 Å². The molecule has 0 saturated carbocycles. The Morgan fingerprint density at radius 2 is 1.88 bits per heavy atom. The Morgan fingerprint density at radius 1 is 1.21 bits per heavy atom. The average molecular weight is 352 g/mol. The van der Waals surface area contributed by atoms with E-state index in [1.807, 2.05) is 0 Å². The maximum atomic E-state index is 12.7. The van der Waals surface area contributed by atoms with Crippen LogP contribution in [0.4, 0.5) is 5.69 Å². The smallest absolute Gasteiger partial charge is 0.266 e. The number of sulfonamides is 1. The van der Waals surface area contributed by atoms with Gasteiger partial charge >= 0.3 is 0 Å². The van der Waals surface area contributed by atoms with Crippen LogP contribution in [-0.2, 0) is 14.8 Å². The van der Waals surface area contributed by atoms with Crippen molar-refractivity contribution < 1.29 is 13.2 Å². The van der Waals surface area contributed by atoms with E-state index in [9.17, 15) is 13.2 Å². The number of benzene rings is 1. The Morgan fingerprint density at radius 3 is 2.46 bits per heavy atom. The van der Waals surface area contributed by atoms with Crippen molar-refractivity contribution in [1.82, 2.24) is 9.21 Å². The van der Waals surface area contributed by atoms with E-state index in [1.165, 1.54) is 19.1 Å². The lowest BCUT2D eigenvalue weighted by Gasteiger charge is -2.21. The van der Waals surface area contributed by atoms with Gasteiger partial charge in [-0.1, -0.05) is 19.8 Å². The normalized spacial score (nSPS) is 15.0. The molecule has 1 saturated heterocycles. The number of guanidine groups is 1. The first kappa shape index (κ1) is 18.3. The molecule has 2 rings (SSSR count). The van der Waals surface area contributed by atoms with Crippen molar-refractivity contribution >= 4 is 27.6 Å². The lowest BCUT2D eigenvalue weighted by molar-refractivity contribution is -0.114. The van der Waals surface area contributed by atoms with E-state index in [1.54, 1.807) is 17.0 Å². The van der Waals surface area contributed by atoms with Gasteiger partial charge in [0.05, 0.1) is 11.4 Å². The number of hydrogen-bond acceptors (Lipinski definition) is 4. The maximum Gasteiger partial charge on any atom is 0.266 e. The number of unbranched alkanes of at least 4 members (excludes halogenated alkanes) is 2. The molecule has 1 aromatic carbocycles. The molecule has 1 fully saturated rings. The van der Waals surface area contributed by atoms with Crippen LogP contribution in [0, 0.1) is 5.41 Å². The van der Waals surface area contributed by atoms with Gasteiger partial charge in [-0.15, -0.1) is 0 Å². The van der Waals surface area contributed by atoms with Crippen molar-refractivity contribution in [1.29, 1.82) is 5.41 Å². The van der Waals surface area contributed by atoms with Gasteiger partial charge in [0.2, 0.25) is 11.9 Å². The summed E-state index contributed by atoms with van der Waals surface area (Å²) in [6.07, 6.45) is 3.11. The Bertz CT molecular complexity index is 701. The van der Waals surface area contributed by atoms with Crippen molar-refractivity contribution in [3.05, 3.63) is 24.3 Å². The second kappa shape index (κ2) is 7.65. The predicted molar refractivity (Wildman–Crippen MR) is 93.5 cm³/mol. The van der Waals surface area contributed by atoms with Crippen molar-refractivity contribution in [3.8, 4) is 0 Å². The number of carbonyl (C=O) groups is 1. The monoisotopic (exact) mass is 352 g/mol. The molecule has 0 radical (unpaired) electrons. The summed E-state index contributed by atoms with van der Waals surface area (Å²) in [7, 11) is -3.74. The Kier molecular flexibility index (Phi) is 5.82. The molecule has 0 bridgehead atoms. The lowest BCUT2D eigenvalue weighted by atomic mass is 10.2. The van der Waals surface area contributed by atoms with Crippen LogP contribution < -0.4 is 5.32 Å². The zero-order valence-electron chi connectivity index (χ0n) is 14.1. The highest BCUT2D eigenvalue weighted by Gasteiger charge is 2.34. The number of hydrogen-bond donors (Lipinski definition) is 2. The van der Waals surface area contributed by atoms with Crippen molar-refractivity contribution in [3.63, 3.8) is 0 Å². The van der Waals surface area contributed by atoms with Crippen LogP contribution in [0.3, 0.4) is 0 Å². The first-order valence-corrected chi connectivity index (χ1v) is 9.54. The molecular formula is C16H24N4O3S. The summed E-state index contributed by atoms with van der Waals surface area (Å²) < 4.78 is 26.6. The van der Waals surface area contributed by atoms with Crippen LogP contribution in [0.5, 0.6) is 0 Å². The minimum Gasteiger partial charge on any atom is -0.340 e. The summed E-state index contributed by atoms with van der Waals surface area (Å²) in [5.41, 5.74) is 0.541. The highest BCUT2D eigenvalue weighted by atomic mass is 32.2. The summed E-state index contributed by atoms with van der Waals surface area (Å²) in [4.78, 5) is 12.9. The molecule has 0 unspecified atom stereocenters. The lowest BCUT2D eigenvalue weighted by Crippen LogP contribution is -2.37. The van der Waals surface area contributed by atoms with E-state index in [4.69, 9.17) is 5.41 Å². The third-order valence-electron chi connectivity index (χ3n) is 3.90. The second-order valence-electron chi connectivity index (χ2n) is 5.80. The summed E-state index contributed by atoms with van der Waals surface area (Å²) in [5.74, 6) is -0.174. The molecular weight excluding hydrogens is 328 g/mol. The molecule has 1 heterocycles. The minimum atomic E-state index is -3.74. The van der Waals surface area contributed by atoms with E-state index in [0.717, 1.165) is 23.6 Å². The van der Waals surface area contributed by atoms with Gasteiger partial charge in [-0.05, 0) is 30.7 Å². The number of nitrogens with zero attached hydrogens (tertiary/aromatic N) is 2. The highest BCUT2D eigenvalue weighted by molar-refractivity contribution is 7.89. The van der Waals surface area contributed by atoms with Gasteiger partial charge < -0.3 is 10.2 Å². The number of rotatable bonds is 7. The van der Waals surface area contributed by atoms with Crippen LogP contribution >= 0.6 is 0 Å². The second-order valence-corrected chi connectivity index (χ2v) is 7.66.